The molecule has 0 radical (unpaired) electrons. The molecule has 142 valence electrons. The molecule has 0 amide bonds. The van der Waals surface area contributed by atoms with Crippen LogP contribution < -0.4 is 0 Å². The molecule has 4 rings (SSSR count). The number of rotatable bonds is 0. The summed E-state index contributed by atoms with van der Waals surface area (Å²) in [5.41, 5.74) is 1.09. The first-order chi connectivity index (χ1) is 11.7. The maximum absolute atomic E-state index is 11.1. The molecule has 3 nitrogen and oxygen atoms in total. The van der Waals surface area contributed by atoms with Crippen LogP contribution in [0.15, 0.2) is 10.1 Å². The van der Waals surface area contributed by atoms with Gasteiger partial charge < -0.3 is 15.3 Å². The molecule has 0 saturated heterocycles. The van der Waals surface area contributed by atoms with Crippen LogP contribution in [0, 0.1) is 34.5 Å². The van der Waals surface area contributed by atoms with Gasteiger partial charge in [0.25, 0.3) is 0 Å². The molecular weight excluding hydrogens is 359 g/mol. The van der Waals surface area contributed by atoms with E-state index in [9.17, 15) is 15.3 Å². The fraction of sp³-hybridized carbons (Fsp3) is 0.900. The van der Waals surface area contributed by atoms with Crippen LogP contribution in [0.3, 0.4) is 0 Å². The Balaban J connectivity index is 1.73. The van der Waals surface area contributed by atoms with E-state index in [4.69, 9.17) is 23.2 Å². The fourth-order valence-corrected chi connectivity index (χ4v) is 7.98. The first kappa shape index (κ1) is 18.6. The van der Waals surface area contributed by atoms with Crippen molar-refractivity contribution < 1.29 is 15.3 Å². The predicted molar refractivity (Wildman–Crippen MR) is 99.2 cm³/mol. The topological polar surface area (TPSA) is 60.7 Å². The molecule has 5 heteroatoms. The SMILES string of the molecule is C[C@]12CC[C@H](O)CC1[C@@H](O)[C@H](O)C1C2CC[C@]2(C)C(=C(Cl)Cl)CCC12. The molecule has 9 atom stereocenters. The molecule has 0 aliphatic heterocycles. The zero-order valence-electron chi connectivity index (χ0n) is 15.1. The van der Waals surface area contributed by atoms with E-state index >= 15 is 0 Å². The van der Waals surface area contributed by atoms with E-state index in [0.29, 0.717) is 22.7 Å². The smallest absolute Gasteiger partial charge is 0.106 e. The van der Waals surface area contributed by atoms with Gasteiger partial charge in [0.15, 0.2) is 0 Å². The molecule has 0 spiro atoms. The summed E-state index contributed by atoms with van der Waals surface area (Å²) in [6.07, 6.45) is 4.51. The third kappa shape index (κ3) is 2.49. The summed E-state index contributed by atoms with van der Waals surface area (Å²) in [5.74, 6) is 0.804. The van der Waals surface area contributed by atoms with Crippen LogP contribution in [0.4, 0.5) is 0 Å². The third-order valence-electron chi connectivity index (χ3n) is 8.74. The van der Waals surface area contributed by atoms with Crippen molar-refractivity contribution in [1.82, 2.24) is 0 Å². The van der Waals surface area contributed by atoms with Crippen molar-refractivity contribution in [3.8, 4) is 0 Å². The number of aliphatic hydroxyl groups is 3. The molecule has 4 aliphatic carbocycles. The maximum atomic E-state index is 11.1. The lowest BCUT2D eigenvalue weighted by Gasteiger charge is -2.63. The number of fused-ring (bicyclic) bond motifs is 5. The van der Waals surface area contributed by atoms with E-state index in [0.717, 1.165) is 44.1 Å². The molecule has 0 bridgehead atoms. The molecule has 3 N–H and O–H groups in total. The summed E-state index contributed by atoms with van der Waals surface area (Å²) in [6, 6.07) is 0. The minimum Gasteiger partial charge on any atom is -0.393 e. The third-order valence-corrected chi connectivity index (χ3v) is 9.19. The van der Waals surface area contributed by atoms with Crippen molar-refractivity contribution in [1.29, 1.82) is 0 Å². The highest BCUT2D eigenvalue weighted by Crippen LogP contribution is 2.67. The monoisotopic (exact) mass is 388 g/mol. The highest BCUT2D eigenvalue weighted by Gasteiger charge is 2.64. The van der Waals surface area contributed by atoms with Crippen molar-refractivity contribution in [2.24, 2.45) is 34.5 Å². The van der Waals surface area contributed by atoms with Gasteiger partial charge >= 0.3 is 0 Å². The van der Waals surface area contributed by atoms with Crippen molar-refractivity contribution in [2.75, 3.05) is 0 Å². The Labute approximate surface area is 160 Å². The van der Waals surface area contributed by atoms with E-state index < -0.39 is 12.2 Å². The Morgan fingerprint density at radius 3 is 2.32 bits per heavy atom. The molecule has 0 heterocycles. The van der Waals surface area contributed by atoms with Crippen molar-refractivity contribution in [2.45, 2.75) is 77.1 Å². The van der Waals surface area contributed by atoms with Crippen LogP contribution in [-0.4, -0.2) is 33.6 Å². The van der Waals surface area contributed by atoms with Crippen LogP contribution in [0.5, 0.6) is 0 Å². The first-order valence-corrected chi connectivity index (χ1v) is 10.5. The van der Waals surface area contributed by atoms with Gasteiger partial charge in [-0.2, -0.15) is 0 Å². The summed E-state index contributed by atoms with van der Waals surface area (Å²) in [5, 5.41) is 32.2. The molecule has 0 aromatic carbocycles. The van der Waals surface area contributed by atoms with E-state index in [1.807, 2.05) is 0 Å². The second-order valence-corrected chi connectivity index (χ2v) is 10.5. The lowest BCUT2D eigenvalue weighted by Crippen LogP contribution is -2.63. The average molecular weight is 389 g/mol. The zero-order valence-corrected chi connectivity index (χ0v) is 16.6. The Kier molecular flexibility index (Phi) is 4.53. The van der Waals surface area contributed by atoms with Crippen molar-refractivity contribution in [3.05, 3.63) is 10.1 Å². The van der Waals surface area contributed by atoms with E-state index in [-0.39, 0.29) is 28.8 Å². The molecule has 4 saturated carbocycles. The number of halogens is 2. The van der Waals surface area contributed by atoms with Gasteiger partial charge in [-0.3, -0.25) is 0 Å². The standard InChI is InChI=1S/C20H30Cl2O3/c1-19-8-6-12-15(11(19)3-4-13(19)18(21)22)17(25)16(24)14-9-10(23)5-7-20(12,14)2/h10-12,14-17,23-25H,3-9H2,1-2H3/t10-,11?,12?,14?,15?,16+,17+,19-,20+/m0/s1. The predicted octanol–water partition coefficient (Wildman–Crippen LogP) is 4.02. The number of aliphatic hydroxyl groups excluding tert-OH is 3. The lowest BCUT2D eigenvalue weighted by molar-refractivity contribution is -0.217. The average Bonchev–Trinajstić information content (AvgIpc) is 2.91. The Hall–Kier alpha value is 0.200. The lowest BCUT2D eigenvalue weighted by atomic mass is 9.43. The van der Waals surface area contributed by atoms with Crippen LogP contribution >= 0.6 is 23.2 Å². The number of allylic oxidation sites excluding steroid dienone is 1. The molecule has 0 aromatic heterocycles. The molecule has 4 aliphatic rings. The summed E-state index contributed by atoms with van der Waals surface area (Å²) < 4.78 is 0.402. The quantitative estimate of drug-likeness (QED) is 0.587. The molecule has 25 heavy (non-hydrogen) atoms. The van der Waals surface area contributed by atoms with Crippen LogP contribution in [0.25, 0.3) is 0 Å². The second-order valence-electron chi connectivity index (χ2n) is 9.55. The van der Waals surface area contributed by atoms with E-state index in [1.165, 1.54) is 0 Å². The summed E-state index contributed by atoms with van der Waals surface area (Å²) >= 11 is 12.4. The van der Waals surface area contributed by atoms with Crippen LogP contribution in [0.2, 0.25) is 0 Å². The van der Waals surface area contributed by atoms with Crippen molar-refractivity contribution >= 4 is 23.2 Å². The van der Waals surface area contributed by atoms with Gasteiger partial charge in [0.05, 0.1) is 18.3 Å². The largest absolute Gasteiger partial charge is 0.393 e. The Bertz CT molecular complexity index is 589. The van der Waals surface area contributed by atoms with Gasteiger partial charge in [-0.1, -0.05) is 37.0 Å². The summed E-state index contributed by atoms with van der Waals surface area (Å²) in [4.78, 5) is 0. The van der Waals surface area contributed by atoms with Gasteiger partial charge in [-0.15, -0.1) is 0 Å². The minimum atomic E-state index is -0.747. The van der Waals surface area contributed by atoms with Gasteiger partial charge in [0.2, 0.25) is 0 Å². The van der Waals surface area contributed by atoms with Crippen molar-refractivity contribution in [3.63, 3.8) is 0 Å². The van der Waals surface area contributed by atoms with Crippen LogP contribution in [0.1, 0.15) is 58.8 Å². The zero-order chi connectivity index (χ0) is 18.1. The highest BCUT2D eigenvalue weighted by molar-refractivity contribution is 6.56. The van der Waals surface area contributed by atoms with Crippen LogP contribution in [-0.2, 0) is 0 Å². The van der Waals surface area contributed by atoms with Gasteiger partial charge in [0.1, 0.15) is 4.49 Å². The summed E-state index contributed by atoms with van der Waals surface area (Å²) in [6.45, 7) is 4.54. The first-order valence-electron chi connectivity index (χ1n) is 9.79. The molecule has 0 aromatic rings. The molecule has 4 fully saturated rings. The van der Waals surface area contributed by atoms with Gasteiger partial charge in [-0.05, 0) is 85.0 Å². The molecular formula is C20H30Cl2O3. The fourth-order valence-electron chi connectivity index (χ4n) is 7.36. The number of hydrogen-bond donors (Lipinski definition) is 3. The Morgan fingerprint density at radius 1 is 0.920 bits per heavy atom. The molecule has 4 unspecified atom stereocenters. The van der Waals surface area contributed by atoms with Gasteiger partial charge in [0, 0.05) is 0 Å². The second kappa shape index (κ2) is 6.10. The van der Waals surface area contributed by atoms with E-state index in [2.05, 4.69) is 13.8 Å². The van der Waals surface area contributed by atoms with Gasteiger partial charge in [-0.25, -0.2) is 0 Å². The Morgan fingerprint density at radius 2 is 1.64 bits per heavy atom. The maximum Gasteiger partial charge on any atom is 0.106 e. The van der Waals surface area contributed by atoms with E-state index in [1.54, 1.807) is 0 Å². The highest BCUT2D eigenvalue weighted by atomic mass is 35.5. The summed E-state index contributed by atoms with van der Waals surface area (Å²) in [7, 11) is 0. The number of hydrogen-bond acceptors (Lipinski definition) is 3. The minimum absolute atomic E-state index is 0.00109. The normalized spacial score (nSPS) is 55.3.